The first-order valence-corrected chi connectivity index (χ1v) is 33.1. The Bertz CT molecular complexity index is 1120. The normalized spacial score (nSPS) is 10.4. The van der Waals surface area contributed by atoms with Crippen LogP contribution in [0.25, 0.3) is 0 Å². The summed E-state index contributed by atoms with van der Waals surface area (Å²) in [4.78, 5) is 44.7. The van der Waals surface area contributed by atoms with Gasteiger partial charge in [0.1, 0.15) is 0 Å². The number of carbonyl (C=O) groups excluding carboxylic acids is 4. The van der Waals surface area contributed by atoms with Crippen molar-refractivity contribution < 1.29 is 38.1 Å². The third kappa shape index (κ3) is 105. The van der Waals surface area contributed by atoms with Crippen molar-refractivity contribution in [1.29, 1.82) is 0 Å². The van der Waals surface area contributed by atoms with E-state index in [1.165, 1.54) is 154 Å². The van der Waals surface area contributed by atoms with Gasteiger partial charge in [-0.25, -0.2) is 0 Å². The van der Waals surface area contributed by atoms with Crippen molar-refractivity contribution in [3.05, 3.63) is 48.6 Å². The van der Waals surface area contributed by atoms with E-state index in [0.717, 1.165) is 77.0 Å². The fourth-order valence-electron chi connectivity index (χ4n) is 7.44. The summed E-state index contributed by atoms with van der Waals surface area (Å²) in [5, 5.41) is 0. The molecule has 0 aromatic heterocycles. The van der Waals surface area contributed by atoms with Crippen LogP contribution < -0.4 is 0 Å². The Morgan fingerprint density at radius 3 is 0.568 bits per heavy atom. The first kappa shape index (κ1) is 100. The zero-order valence-electron chi connectivity index (χ0n) is 51.0. The fraction of sp³-hybridized carbons (Fsp3) is 0.818. The maximum Gasteiger partial charge on any atom is 2.00 e. The molecule has 0 bridgehead atoms. The second kappa shape index (κ2) is 96.5. The molecule has 0 fully saturated rings. The number of hydrogen-bond acceptors (Lipinski definition) is 12. The summed E-state index contributed by atoms with van der Waals surface area (Å²) < 4.78 is 19.7. The molecule has 0 aliphatic heterocycles. The van der Waals surface area contributed by atoms with Crippen LogP contribution in [0, 0.1) is 0 Å². The van der Waals surface area contributed by atoms with E-state index in [-0.39, 0.29) is 100 Å². The van der Waals surface area contributed by atoms with E-state index < -0.39 is 0 Å². The Balaban J connectivity index is -0.000000119. The SMILES string of the molecule is C.C.CCCCCCC/C=C/CCCCC(=O)OCC[S-].CCCCCCC/C=C/CCCCC(=O)OCC[S-].CCCCCCC/C=C/CCCCC(=O)OCC[S-].CCCCCCC/C=C/CCCCC(=O)OCC[S-].S.[Sn+2].[Sn+2]. The minimum Gasteiger partial charge on any atom is -0.789 e. The van der Waals surface area contributed by atoms with Crippen LogP contribution in [-0.2, 0) is 88.6 Å². The van der Waals surface area contributed by atoms with E-state index >= 15 is 0 Å². The predicted molar refractivity (Wildman–Crippen MR) is 372 cm³/mol. The van der Waals surface area contributed by atoms with Crippen molar-refractivity contribution in [2.45, 2.75) is 299 Å². The monoisotopic (exact) mass is 1450 g/mol. The van der Waals surface area contributed by atoms with Gasteiger partial charge in [-0.05, 0) is 128 Å². The van der Waals surface area contributed by atoms with Crippen molar-refractivity contribution in [3.8, 4) is 0 Å². The van der Waals surface area contributed by atoms with Crippen molar-refractivity contribution in [3.63, 3.8) is 0 Å². The summed E-state index contributed by atoms with van der Waals surface area (Å²) in [5.41, 5.74) is 0. The second-order valence-corrected chi connectivity index (χ2v) is 21.0. The van der Waals surface area contributed by atoms with Crippen LogP contribution in [-0.4, -0.2) is 121 Å². The molecule has 0 unspecified atom stereocenters. The molecule has 4 radical (unpaired) electrons. The molecule has 0 aromatic rings. The molecule has 81 heavy (non-hydrogen) atoms. The van der Waals surface area contributed by atoms with Crippen molar-refractivity contribution in [2.75, 3.05) is 49.4 Å². The molecule has 0 saturated heterocycles. The molecular weight excluding hydrogens is 1320 g/mol. The molecule has 0 N–H and O–H groups in total. The maximum absolute atomic E-state index is 11.2. The molecule has 0 heterocycles. The maximum atomic E-state index is 11.2. The first-order valence-electron chi connectivity index (χ1n) is 30.8. The van der Waals surface area contributed by atoms with Crippen LogP contribution in [0.1, 0.15) is 299 Å². The molecule has 0 aromatic carbocycles. The van der Waals surface area contributed by atoms with Crippen LogP contribution in [0.15, 0.2) is 48.6 Å². The summed E-state index contributed by atoms with van der Waals surface area (Å²) in [6.07, 6.45) is 64.1. The van der Waals surface area contributed by atoms with Crippen LogP contribution >= 0.6 is 13.5 Å². The van der Waals surface area contributed by atoms with Gasteiger partial charge in [-0.1, -0.05) is 194 Å². The van der Waals surface area contributed by atoms with E-state index in [4.69, 9.17) is 69.5 Å². The van der Waals surface area contributed by atoms with Crippen molar-refractivity contribution >= 4 is 136 Å². The molecule has 0 aliphatic carbocycles. The minimum atomic E-state index is -0.107. The fourth-order valence-corrected chi connectivity index (χ4v) is 7.78. The standard InChI is InChI=1S/4C16H30O2S.2CH4.H2S.2Sn/c4*1-2-3-4-5-6-7-8-9-10-11-12-13-16(17)18-14-15-19;;;;;/h4*8-9,19H,2-7,10-15H2,1H3;2*1H4;1H2;;/q;;;;;;;2*+2/p-4/b4*9-8+;;;;;. The Labute approximate surface area is 566 Å². The van der Waals surface area contributed by atoms with E-state index in [9.17, 15) is 19.2 Å². The van der Waals surface area contributed by atoms with E-state index in [1.54, 1.807) is 0 Å². The third-order valence-corrected chi connectivity index (χ3v) is 12.6. The average molecular weight is 1450 g/mol. The van der Waals surface area contributed by atoms with E-state index in [0.29, 0.717) is 75.1 Å². The minimum absolute atomic E-state index is 0. The van der Waals surface area contributed by atoms with Gasteiger partial charge in [-0.3, -0.25) is 19.2 Å². The van der Waals surface area contributed by atoms with Gasteiger partial charge in [0.15, 0.2) is 0 Å². The number of rotatable bonds is 52. The summed E-state index contributed by atoms with van der Waals surface area (Å²) in [5.74, 6) is 1.54. The number of ether oxygens (including phenoxy) is 4. The number of allylic oxidation sites excluding steroid dienone is 8. The molecule has 15 heteroatoms. The van der Waals surface area contributed by atoms with Gasteiger partial charge in [-0.2, -0.15) is 13.5 Å². The topological polar surface area (TPSA) is 105 Å². The zero-order chi connectivity index (χ0) is 56.7. The molecule has 476 valence electrons. The number of esters is 4. The summed E-state index contributed by atoms with van der Waals surface area (Å²) in [7, 11) is 0. The zero-order valence-corrected chi connectivity index (χ0v) is 60.9. The molecular formula is C66H126O8S5Sn2. The quantitative estimate of drug-likeness (QED) is 0.0145. The third-order valence-electron chi connectivity index (χ3n) is 12.0. The van der Waals surface area contributed by atoms with Gasteiger partial charge in [0, 0.05) is 25.7 Å². The smallest absolute Gasteiger partial charge is 0.789 e. The van der Waals surface area contributed by atoms with Crippen molar-refractivity contribution in [1.82, 2.24) is 0 Å². The molecule has 8 nitrogen and oxygen atoms in total. The molecule has 0 spiro atoms. The number of unbranched alkanes of at least 4 members (excludes halogenated alkanes) is 28. The van der Waals surface area contributed by atoms with Crippen LogP contribution in [0.4, 0.5) is 0 Å². The molecule has 0 amide bonds. The van der Waals surface area contributed by atoms with Crippen molar-refractivity contribution in [2.24, 2.45) is 0 Å². The summed E-state index contributed by atoms with van der Waals surface area (Å²) in [6.45, 7) is 10.5. The van der Waals surface area contributed by atoms with E-state index in [2.05, 4.69) is 76.3 Å². The Morgan fingerprint density at radius 1 is 0.272 bits per heavy atom. The largest absolute Gasteiger partial charge is 2.00 e. The molecule has 0 saturated carbocycles. The summed E-state index contributed by atoms with van der Waals surface area (Å²) >= 11 is 18.8. The molecule has 0 aliphatic rings. The Hall–Kier alpha value is 0.187. The average Bonchev–Trinajstić information content (AvgIpc) is 3.42. The second-order valence-electron chi connectivity index (χ2n) is 19.4. The Morgan fingerprint density at radius 2 is 0.420 bits per heavy atom. The Kier molecular flexibility index (Phi) is 119. The summed E-state index contributed by atoms with van der Waals surface area (Å²) in [6, 6.07) is 0. The predicted octanol–water partition coefficient (Wildman–Crippen LogP) is 18.8. The van der Waals surface area contributed by atoms with Gasteiger partial charge in [0.05, 0.1) is 26.4 Å². The molecule has 0 atom stereocenters. The van der Waals surface area contributed by atoms with E-state index in [1.807, 2.05) is 0 Å². The van der Waals surface area contributed by atoms with Crippen LogP contribution in [0.2, 0.25) is 0 Å². The van der Waals surface area contributed by atoms with Crippen LogP contribution in [0.3, 0.4) is 0 Å². The van der Waals surface area contributed by atoms with Crippen LogP contribution in [0.5, 0.6) is 0 Å². The first-order chi connectivity index (χ1) is 37.2. The van der Waals surface area contributed by atoms with Gasteiger partial charge in [-0.15, -0.1) is 23.0 Å². The van der Waals surface area contributed by atoms with Gasteiger partial charge in [0.2, 0.25) is 0 Å². The van der Waals surface area contributed by atoms with Gasteiger partial charge < -0.3 is 69.5 Å². The number of carbonyl (C=O) groups is 4. The number of hydrogen-bond donors (Lipinski definition) is 0. The van der Waals surface area contributed by atoms with Gasteiger partial charge in [0.25, 0.3) is 0 Å². The molecule has 0 rings (SSSR count). The van der Waals surface area contributed by atoms with Gasteiger partial charge >= 0.3 is 71.7 Å².